The zero-order chi connectivity index (χ0) is 19.4. The molecule has 3 N–H and O–H groups in total. The van der Waals surface area contributed by atoms with Crippen molar-refractivity contribution >= 4 is 35.6 Å². The molecule has 2 rings (SSSR count). The van der Waals surface area contributed by atoms with E-state index in [9.17, 15) is 27.2 Å². The lowest BCUT2D eigenvalue weighted by molar-refractivity contribution is -0.172. The highest BCUT2D eigenvalue weighted by Gasteiger charge is 2.64. The van der Waals surface area contributed by atoms with Gasteiger partial charge in [0.1, 0.15) is 0 Å². The van der Waals surface area contributed by atoms with Gasteiger partial charge in [0.05, 0.1) is 25.6 Å². The third kappa shape index (κ3) is 6.32. The van der Waals surface area contributed by atoms with E-state index in [2.05, 4.69) is 5.32 Å². The fourth-order valence-corrected chi connectivity index (χ4v) is 3.33. The maximum atomic E-state index is 13.1. The standard InChI is InChI=1S/C16H21F4N3O2S.ClH/c17-15(18)9-23(10-16(15,19)20)14(25)12(21)5-1-2-6-22-13(24)8-11-4-3-7-26-11;/h3-4,7,12H,1-2,5-6,8-10,21H2,(H,22,24);1H. The van der Waals surface area contributed by atoms with Gasteiger partial charge in [-0.15, -0.1) is 23.7 Å². The van der Waals surface area contributed by atoms with Crippen LogP contribution in [-0.4, -0.2) is 54.2 Å². The number of nitrogens with two attached hydrogens (primary N) is 1. The first-order valence-corrected chi connectivity index (χ1v) is 9.09. The van der Waals surface area contributed by atoms with E-state index in [1.54, 1.807) is 0 Å². The number of hydrogen-bond donors (Lipinski definition) is 2. The molecular formula is C16H22ClF4N3O2S. The van der Waals surface area contributed by atoms with E-state index >= 15 is 0 Å². The first-order valence-electron chi connectivity index (χ1n) is 8.21. The van der Waals surface area contributed by atoms with E-state index in [1.807, 2.05) is 17.5 Å². The molecule has 5 nitrogen and oxygen atoms in total. The number of thiophene rings is 1. The summed E-state index contributed by atoms with van der Waals surface area (Å²) >= 11 is 1.49. The van der Waals surface area contributed by atoms with Crippen molar-refractivity contribution in [3.05, 3.63) is 22.4 Å². The summed E-state index contributed by atoms with van der Waals surface area (Å²) in [5, 5.41) is 4.62. The monoisotopic (exact) mass is 431 g/mol. The average molecular weight is 432 g/mol. The number of alkyl halides is 4. The quantitative estimate of drug-likeness (QED) is 0.490. The molecule has 1 aromatic heterocycles. The highest BCUT2D eigenvalue weighted by molar-refractivity contribution is 7.10. The molecule has 1 fully saturated rings. The Morgan fingerprint density at radius 3 is 2.41 bits per heavy atom. The minimum absolute atomic E-state index is 0. The molecule has 27 heavy (non-hydrogen) atoms. The fourth-order valence-electron chi connectivity index (χ4n) is 2.63. The van der Waals surface area contributed by atoms with Crippen LogP contribution in [0.3, 0.4) is 0 Å². The molecule has 0 aliphatic carbocycles. The van der Waals surface area contributed by atoms with Crippen molar-refractivity contribution in [3.63, 3.8) is 0 Å². The fraction of sp³-hybridized carbons (Fsp3) is 0.625. The maximum Gasteiger partial charge on any atom is 0.329 e. The smallest absolute Gasteiger partial charge is 0.329 e. The van der Waals surface area contributed by atoms with E-state index in [-0.39, 0.29) is 24.7 Å². The number of hydrogen-bond acceptors (Lipinski definition) is 4. The van der Waals surface area contributed by atoms with Crippen LogP contribution in [-0.2, 0) is 16.0 Å². The summed E-state index contributed by atoms with van der Waals surface area (Å²) in [7, 11) is 0. The third-order valence-corrected chi connectivity index (χ3v) is 5.00. The van der Waals surface area contributed by atoms with Gasteiger partial charge in [0.2, 0.25) is 11.8 Å². The molecule has 0 radical (unpaired) electrons. The minimum atomic E-state index is -4.23. The zero-order valence-electron chi connectivity index (χ0n) is 14.4. The van der Waals surface area contributed by atoms with E-state index in [0.717, 1.165) is 4.88 Å². The number of nitrogens with zero attached hydrogens (tertiary/aromatic N) is 1. The van der Waals surface area contributed by atoms with Crippen LogP contribution in [0.1, 0.15) is 24.1 Å². The van der Waals surface area contributed by atoms with Gasteiger partial charge >= 0.3 is 11.8 Å². The van der Waals surface area contributed by atoms with Crippen LogP contribution < -0.4 is 11.1 Å². The minimum Gasteiger partial charge on any atom is -0.356 e. The molecule has 1 atom stereocenters. The van der Waals surface area contributed by atoms with Gasteiger partial charge in [-0.3, -0.25) is 9.59 Å². The van der Waals surface area contributed by atoms with Gasteiger partial charge in [0, 0.05) is 11.4 Å². The van der Waals surface area contributed by atoms with E-state index < -0.39 is 36.9 Å². The molecule has 0 saturated carbocycles. The van der Waals surface area contributed by atoms with Gasteiger partial charge in [-0.05, 0) is 30.7 Å². The summed E-state index contributed by atoms with van der Waals surface area (Å²) in [6.07, 6.45) is 1.48. The number of carbonyl (C=O) groups is 2. The van der Waals surface area contributed by atoms with Crippen molar-refractivity contribution < 1.29 is 27.2 Å². The molecule has 2 amide bonds. The van der Waals surface area contributed by atoms with Crippen LogP contribution in [0, 0.1) is 0 Å². The molecule has 1 aliphatic rings. The Morgan fingerprint density at radius 2 is 1.85 bits per heavy atom. The van der Waals surface area contributed by atoms with Crippen molar-refractivity contribution in [1.82, 2.24) is 10.2 Å². The lowest BCUT2D eigenvalue weighted by atomic mass is 10.1. The van der Waals surface area contributed by atoms with Crippen LogP contribution in [0.25, 0.3) is 0 Å². The second kappa shape index (κ2) is 9.70. The van der Waals surface area contributed by atoms with Gasteiger partial charge in [-0.25, -0.2) is 0 Å². The van der Waals surface area contributed by atoms with Gasteiger partial charge in [0.15, 0.2) is 0 Å². The molecule has 0 aromatic carbocycles. The van der Waals surface area contributed by atoms with E-state index in [0.29, 0.717) is 30.7 Å². The van der Waals surface area contributed by atoms with Crippen LogP contribution in [0.5, 0.6) is 0 Å². The summed E-state index contributed by atoms with van der Waals surface area (Å²) in [5.41, 5.74) is 5.64. The molecule has 11 heteroatoms. The van der Waals surface area contributed by atoms with Crippen molar-refractivity contribution in [1.29, 1.82) is 0 Å². The molecule has 1 aromatic rings. The molecule has 1 saturated heterocycles. The molecular weight excluding hydrogens is 410 g/mol. The van der Waals surface area contributed by atoms with Crippen molar-refractivity contribution in [2.24, 2.45) is 5.73 Å². The van der Waals surface area contributed by atoms with E-state index in [4.69, 9.17) is 5.73 Å². The Kier molecular flexibility index (Phi) is 8.49. The largest absolute Gasteiger partial charge is 0.356 e. The summed E-state index contributed by atoms with van der Waals surface area (Å²) < 4.78 is 52.5. The number of rotatable bonds is 8. The second-order valence-electron chi connectivity index (χ2n) is 6.31. The Balaban J connectivity index is 0.00000364. The number of unbranched alkanes of at least 4 members (excludes halogenated alkanes) is 1. The number of nitrogens with one attached hydrogen (secondary N) is 1. The Morgan fingerprint density at radius 1 is 1.22 bits per heavy atom. The van der Waals surface area contributed by atoms with Crippen molar-refractivity contribution in [3.8, 4) is 0 Å². The topological polar surface area (TPSA) is 75.4 Å². The lowest BCUT2D eigenvalue weighted by Crippen LogP contribution is -2.43. The van der Waals surface area contributed by atoms with Gasteiger partial charge < -0.3 is 16.0 Å². The number of carbonyl (C=O) groups excluding carboxylic acids is 2. The summed E-state index contributed by atoms with van der Waals surface area (Å²) in [5.74, 6) is -9.47. The van der Waals surface area contributed by atoms with Crippen LogP contribution in [0.15, 0.2) is 17.5 Å². The van der Waals surface area contributed by atoms with Crippen molar-refractivity contribution in [2.75, 3.05) is 19.6 Å². The normalized spacial score (nSPS) is 18.6. The van der Waals surface area contributed by atoms with Crippen LogP contribution >= 0.6 is 23.7 Å². The Hall–Kier alpha value is -1.39. The highest BCUT2D eigenvalue weighted by Crippen LogP contribution is 2.41. The van der Waals surface area contributed by atoms with Gasteiger partial charge in [0.25, 0.3) is 0 Å². The predicted molar refractivity (Wildman–Crippen MR) is 96.6 cm³/mol. The average Bonchev–Trinajstić information content (AvgIpc) is 3.12. The van der Waals surface area contributed by atoms with Crippen LogP contribution in [0.4, 0.5) is 17.6 Å². The first kappa shape index (κ1) is 23.6. The molecule has 1 unspecified atom stereocenters. The third-order valence-electron chi connectivity index (χ3n) is 4.12. The second-order valence-corrected chi connectivity index (χ2v) is 7.34. The van der Waals surface area contributed by atoms with Gasteiger partial charge in [-0.2, -0.15) is 17.6 Å². The molecule has 0 bridgehead atoms. The summed E-state index contributed by atoms with van der Waals surface area (Å²) in [4.78, 5) is 25.0. The first-order chi connectivity index (χ1) is 12.1. The molecule has 0 spiro atoms. The zero-order valence-corrected chi connectivity index (χ0v) is 16.1. The van der Waals surface area contributed by atoms with Crippen LogP contribution in [0.2, 0.25) is 0 Å². The number of amides is 2. The maximum absolute atomic E-state index is 13.1. The highest BCUT2D eigenvalue weighted by atomic mass is 35.5. The Labute approximate surface area is 164 Å². The predicted octanol–water partition coefficient (Wildman–Crippen LogP) is 2.44. The van der Waals surface area contributed by atoms with Gasteiger partial charge in [-0.1, -0.05) is 6.07 Å². The van der Waals surface area contributed by atoms with Crippen molar-refractivity contribution in [2.45, 2.75) is 43.6 Å². The molecule has 2 heterocycles. The number of halogens is 5. The van der Waals surface area contributed by atoms with E-state index in [1.165, 1.54) is 11.3 Å². The lowest BCUT2D eigenvalue weighted by Gasteiger charge is -2.19. The number of likely N-dealkylation sites (tertiary alicyclic amines) is 1. The molecule has 154 valence electrons. The SMILES string of the molecule is Cl.NC(CCCCNC(=O)Cc1cccs1)C(=O)N1CC(F)(F)C(F)(F)C1. The molecule has 1 aliphatic heterocycles. The Bertz CT molecular complexity index is 615. The summed E-state index contributed by atoms with van der Waals surface area (Å²) in [6, 6.07) is 2.61. The summed E-state index contributed by atoms with van der Waals surface area (Å²) in [6.45, 7) is -2.23.